The molecule has 0 aromatic rings. The summed E-state index contributed by atoms with van der Waals surface area (Å²) in [5, 5.41) is 75.9. The van der Waals surface area contributed by atoms with Gasteiger partial charge in [-0.25, -0.2) is 4.79 Å². The minimum atomic E-state index is -4.38. The fourth-order valence-electron chi connectivity index (χ4n) is 12.6. The maximum absolute atomic E-state index is 12.9. The van der Waals surface area contributed by atoms with Crippen molar-refractivity contribution < 1.29 is 87.4 Å². The third-order valence-corrected chi connectivity index (χ3v) is 21.6. The predicted molar refractivity (Wildman–Crippen MR) is 406 cm³/mol. The van der Waals surface area contributed by atoms with E-state index in [1.54, 1.807) is 19.2 Å². The van der Waals surface area contributed by atoms with Crippen LogP contribution in [0.3, 0.4) is 0 Å². The van der Waals surface area contributed by atoms with Crippen LogP contribution >= 0.6 is 19.9 Å². The average Bonchev–Trinajstić information content (AvgIpc) is 1.39. The summed E-state index contributed by atoms with van der Waals surface area (Å²) < 4.78 is 21.9. The Morgan fingerprint density at radius 1 is 0.627 bits per heavy atom. The molecule has 12 unspecified atom stereocenters. The van der Waals surface area contributed by atoms with Crippen molar-refractivity contribution in [1.82, 2.24) is 31.5 Å². The van der Waals surface area contributed by atoms with Crippen molar-refractivity contribution in [2.75, 3.05) is 80.0 Å². The molecule has 0 bridgehead atoms. The normalized spacial score (nSPS) is 21.5. The third kappa shape index (κ3) is 46.9. The number of quaternary nitrogens is 1. The number of nitrogens with one attached hydrogen (secondary N) is 5. The molecular formula is C76H145N7O17PS+. The van der Waals surface area contributed by atoms with Gasteiger partial charge in [0.1, 0.15) is 44.2 Å². The van der Waals surface area contributed by atoms with E-state index in [-0.39, 0.29) is 68.1 Å². The summed E-state index contributed by atoms with van der Waals surface area (Å²) in [5.74, 6) is 0.301. The van der Waals surface area contributed by atoms with Crippen LogP contribution in [0, 0.1) is 0 Å². The van der Waals surface area contributed by atoms with Gasteiger partial charge in [-0.05, 0) is 57.8 Å². The number of carbonyl (C=O) groups is 5. The number of nitrogens with zero attached hydrogens (tertiary/aromatic N) is 2. The van der Waals surface area contributed by atoms with E-state index in [1.807, 2.05) is 52.0 Å². The molecule has 3 aliphatic rings. The SMILES string of the molecule is CCCCCCCCCCCCC/C=C/C(O)C(COC1OC(CO)C(O)C(O)C1O)NC(=O)CCC.CCCCCCCCCCCCC/C=C/C(O)C(CO[P+]([O-])(O)OCC[N+](C)(C)C)NC(=O)CCCCCCCCCCCNC(=O)CN(C)C(=O)CCCC[C@@H]1SCC2NC(=O)NC21. The summed E-state index contributed by atoms with van der Waals surface area (Å²) in [6.07, 6.45) is 40.8. The number of hydrogen-bond donors (Lipinski definition) is 12. The van der Waals surface area contributed by atoms with Gasteiger partial charge in [-0.15, -0.1) is 0 Å². The first kappa shape index (κ1) is 95.0. The first-order valence-electron chi connectivity index (χ1n) is 39.8. The number of carbonyl (C=O) groups excluding carboxylic acids is 5. The van der Waals surface area contributed by atoms with Crippen molar-refractivity contribution in [3.05, 3.63) is 24.3 Å². The van der Waals surface area contributed by atoms with Gasteiger partial charge < -0.3 is 81.0 Å². The Labute approximate surface area is 619 Å². The van der Waals surface area contributed by atoms with E-state index in [0.717, 1.165) is 115 Å². The zero-order valence-electron chi connectivity index (χ0n) is 64.1. The molecule has 0 radical (unpaired) electrons. The maximum atomic E-state index is 12.9. The van der Waals surface area contributed by atoms with Crippen LogP contribution in [0.25, 0.3) is 0 Å². The van der Waals surface area contributed by atoms with Crippen LogP contribution in [0.2, 0.25) is 0 Å². The van der Waals surface area contributed by atoms with Gasteiger partial charge in [0.05, 0.1) is 77.3 Å². The molecule has 3 rings (SSSR count). The van der Waals surface area contributed by atoms with E-state index < -0.39 is 69.8 Å². The van der Waals surface area contributed by atoms with Gasteiger partial charge in [0.2, 0.25) is 23.6 Å². The Balaban J connectivity index is 0.000000808. The molecule has 24 nitrogen and oxygen atoms in total. The van der Waals surface area contributed by atoms with Gasteiger partial charge in [-0.2, -0.15) is 25.7 Å². The van der Waals surface area contributed by atoms with E-state index in [1.165, 1.54) is 120 Å². The molecule has 12 N–H and O–H groups in total. The van der Waals surface area contributed by atoms with Crippen molar-refractivity contribution in [3.63, 3.8) is 0 Å². The van der Waals surface area contributed by atoms with Crippen molar-refractivity contribution in [2.24, 2.45) is 0 Å². The molecule has 0 saturated carbocycles. The van der Waals surface area contributed by atoms with Crippen LogP contribution in [0.4, 0.5) is 4.79 Å². The Morgan fingerprint density at radius 2 is 1.11 bits per heavy atom. The molecule has 3 saturated heterocycles. The number of ether oxygens (including phenoxy) is 2. The van der Waals surface area contributed by atoms with Crippen molar-refractivity contribution in [2.45, 2.75) is 350 Å². The lowest BCUT2D eigenvalue weighted by molar-refractivity contribution is -0.870. The summed E-state index contributed by atoms with van der Waals surface area (Å²) in [7, 11) is 3.15. The lowest BCUT2D eigenvalue weighted by atomic mass is 9.99. The largest absolute Gasteiger partial charge is 0.606 e. The van der Waals surface area contributed by atoms with E-state index >= 15 is 0 Å². The topological polar surface area (TPSA) is 350 Å². The Hall–Kier alpha value is -3.11. The quantitative estimate of drug-likeness (QED) is 0.00885. The summed E-state index contributed by atoms with van der Waals surface area (Å²) in [5.41, 5.74) is 0. The van der Waals surface area contributed by atoms with E-state index in [4.69, 9.17) is 18.5 Å². The van der Waals surface area contributed by atoms with Gasteiger partial charge in [0, 0.05) is 43.9 Å². The zero-order valence-corrected chi connectivity index (χ0v) is 65.9. The fourth-order valence-corrected chi connectivity index (χ4v) is 14.8. The summed E-state index contributed by atoms with van der Waals surface area (Å²) >= 11 is 1.88. The van der Waals surface area contributed by atoms with Crippen LogP contribution < -0.4 is 31.5 Å². The second-order valence-electron chi connectivity index (χ2n) is 29.6. The smallest absolute Gasteiger partial charge is 0.377 e. The van der Waals surface area contributed by atoms with E-state index in [0.29, 0.717) is 54.9 Å². The molecule has 3 fully saturated rings. The Bertz CT molecular complexity index is 2220. The van der Waals surface area contributed by atoms with Gasteiger partial charge in [-0.3, -0.25) is 19.2 Å². The van der Waals surface area contributed by atoms with Gasteiger partial charge >= 0.3 is 14.2 Å². The maximum Gasteiger partial charge on any atom is 0.377 e. The van der Waals surface area contributed by atoms with E-state index in [2.05, 4.69) is 40.4 Å². The standard InChI is InChI=1S/C48H91N6O9PS.C28H53NO8/c1-6-7-8-9-10-11-12-13-14-16-19-22-25-30-42(55)40(38-63-64(60,61)62-36-35-54(3,4)5)50-44(56)32-26-23-20-17-15-18-21-24-29-34-49-45(57)37-53(2)46(58)33-28-27-31-43-47-41(39-65-43)51-48(59)52-47;1-3-5-6-7-8-9-10-11-12-13-14-15-16-18-22(31)21(29-24(32)17-4-2)20-36-28-27(35)26(34)25(33)23(19-30)37-28/h25,30,40-43,47,55H,6-24,26-29,31-39H2,1-5H3,(H4-,49,50,51,52,56,57,59,60,61);16,18,21-23,25-28,30-31,33-35H,3-15,17,19-20H2,1-2H3,(H,29,32)/p+1/b30-25+;18-16+/t40?,41?,42?,43-,47?;/m0./s1. The molecule has 0 aliphatic carbocycles. The highest BCUT2D eigenvalue weighted by molar-refractivity contribution is 8.00. The number of hydrogen-bond acceptors (Lipinski definition) is 18. The summed E-state index contributed by atoms with van der Waals surface area (Å²) in [4.78, 5) is 86.0. The number of urea groups is 1. The molecule has 0 aromatic carbocycles. The lowest BCUT2D eigenvalue weighted by Crippen LogP contribution is -2.60. The van der Waals surface area contributed by atoms with Crippen molar-refractivity contribution in [1.29, 1.82) is 0 Å². The van der Waals surface area contributed by atoms with Crippen LogP contribution in [-0.2, 0) is 37.7 Å². The zero-order chi connectivity index (χ0) is 75.2. The first-order valence-corrected chi connectivity index (χ1v) is 42.3. The minimum absolute atomic E-state index is 0.0245. The van der Waals surface area contributed by atoms with Gasteiger partial charge in [0.25, 0.3) is 0 Å². The molecular weight excluding hydrogens is 1350 g/mol. The monoisotopic (exact) mass is 1490 g/mol. The molecule has 6 amide bonds. The Morgan fingerprint density at radius 3 is 1.62 bits per heavy atom. The first-order chi connectivity index (χ1) is 48.9. The molecule has 0 spiro atoms. The third-order valence-electron chi connectivity index (χ3n) is 19.1. The number of phosphoric acid groups is 1. The molecule has 3 heterocycles. The molecule has 0 aromatic heterocycles. The van der Waals surface area contributed by atoms with Crippen LogP contribution in [-0.4, -0.2) is 227 Å². The van der Waals surface area contributed by atoms with Crippen LogP contribution in [0.15, 0.2) is 24.3 Å². The number of likely N-dealkylation sites (N-methyl/N-ethyl adjacent to an activating group) is 2. The number of rotatable bonds is 62. The average molecular weight is 1490 g/mol. The number of phosphoric ester groups is 1. The number of amides is 6. The number of aliphatic hydroxyl groups excluding tert-OH is 6. The summed E-state index contributed by atoms with van der Waals surface area (Å²) in [6, 6.07) is -1.38. The minimum Gasteiger partial charge on any atom is -0.606 e. The van der Waals surface area contributed by atoms with Crippen molar-refractivity contribution in [3.8, 4) is 0 Å². The lowest BCUT2D eigenvalue weighted by Gasteiger charge is -2.40. The number of unbranched alkanes of at least 4 members (excludes halogenated alkanes) is 31. The molecule has 13 atom stereocenters. The van der Waals surface area contributed by atoms with Crippen LogP contribution in [0.1, 0.15) is 278 Å². The second-order valence-corrected chi connectivity index (χ2v) is 32.4. The molecule has 596 valence electrons. The second kappa shape index (κ2) is 58.9. The number of fused-ring (bicyclic) bond motifs is 1. The molecule has 102 heavy (non-hydrogen) atoms. The van der Waals surface area contributed by atoms with Crippen molar-refractivity contribution >= 4 is 49.6 Å². The highest BCUT2D eigenvalue weighted by atomic mass is 32.2. The van der Waals surface area contributed by atoms with Gasteiger partial charge in [-0.1, -0.05) is 225 Å². The molecule has 3 aliphatic heterocycles. The van der Waals surface area contributed by atoms with Crippen LogP contribution in [0.5, 0.6) is 0 Å². The Kier molecular flexibility index (Phi) is 54.9. The number of aliphatic hydroxyl groups is 6. The molecule has 26 heteroatoms. The predicted octanol–water partition coefficient (Wildman–Crippen LogP) is 9.77. The number of thioether (sulfide) groups is 1. The van der Waals surface area contributed by atoms with Gasteiger partial charge in [0.15, 0.2) is 6.29 Å². The highest BCUT2D eigenvalue weighted by Crippen LogP contribution is 2.47. The van der Waals surface area contributed by atoms with E-state index in [9.17, 15) is 64.4 Å². The highest BCUT2D eigenvalue weighted by Gasteiger charge is 2.45. The number of allylic oxidation sites excluding steroid dienone is 2. The summed E-state index contributed by atoms with van der Waals surface area (Å²) in [6.45, 7) is 6.45. The fraction of sp³-hybridized carbons (Fsp3) is 0.882.